The lowest BCUT2D eigenvalue weighted by atomic mass is 10.2. The van der Waals surface area contributed by atoms with Crippen molar-refractivity contribution in [3.8, 4) is 18.1 Å². The molecule has 0 fully saturated rings. The van der Waals surface area contributed by atoms with Crippen LogP contribution in [-0.2, 0) is 11.3 Å². The van der Waals surface area contributed by atoms with Crippen LogP contribution >= 0.6 is 0 Å². The number of hydrogen-bond donors (Lipinski definition) is 2. The monoisotopic (exact) mass is 189 g/mol. The lowest BCUT2D eigenvalue weighted by molar-refractivity contribution is -0.120. The Morgan fingerprint density at radius 3 is 2.86 bits per heavy atom. The van der Waals surface area contributed by atoms with Crippen molar-refractivity contribution in [1.82, 2.24) is 5.32 Å². The summed E-state index contributed by atoms with van der Waals surface area (Å²) in [6, 6.07) is 6.83. The first kappa shape index (κ1) is 10.1. The van der Waals surface area contributed by atoms with Gasteiger partial charge in [-0.2, -0.15) is 0 Å². The summed E-state index contributed by atoms with van der Waals surface area (Å²) in [6.45, 7) is 0.299. The van der Waals surface area contributed by atoms with Crippen LogP contribution in [0.1, 0.15) is 12.0 Å². The second kappa shape index (κ2) is 4.93. The number of terminal acetylenes is 1. The Balaban J connectivity index is 2.51. The summed E-state index contributed by atoms with van der Waals surface area (Å²) >= 11 is 0. The molecule has 0 aromatic heterocycles. The van der Waals surface area contributed by atoms with Crippen LogP contribution in [0.2, 0.25) is 0 Å². The largest absolute Gasteiger partial charge is 0.508 e. The van der Waals surface area contributed by atoms with Gasteiger partial charge in [0.05, 0.1) is 6.42 Å². The summed E-state index contributed by atoms with van der Waals surface area (Å²) in [6.07, 6.45) is 5.03. The molecule has 0 atom stereocenters. The van der Waals surface area contributed by atoms with E-state index in [-0.39, 0.29) is 18.1 Å². The third-order valence-electron chi connectivity index (χ3n) is 1.73. The summed E-state index contributed by atoms with van der Waals surface area (Å²) in [4.78, 5) is 11.0. The number of amides is 1. The molecule has 0 aliphatic heterocycles. The molecule has 0 spiro atoms. The van der Waals surface area contributed by atoms with Gasteiger partial charge in [-0.1, -0.05) is 24.1 Å². The van der Waals surface area contributed by atoms with Crippen molar-refractivity contribution in [2.45, 2.75) is 13.0 Å². The maximum atomic E-state index is 11.0. The van der Waals surface area contributed by atoms with Crippen LogP contribution in [-0.4, -0.2) is 11.0 Å². The molecule has 1 aromatic rings. The maximum absolute atomic E-state index is 11.0. The van der Waals surface area contributed by atoms with Gasteiger partial charge in [-0.15, -0.1) is 6.42 Å². The van der Waals surface area contributed by atoms with Crippen LogP contribution in [0.3, 0.4) is 0 Å². The fraction of sp³-hybridized carbons (Fsp3) is 0.182. The summed E-state index contributed by atoms with van der Waals surface area (Å²) in [5, 5.41) is 12.0. The van der Waals surface area contributed by atoms with E-state index in [2.05, 4.69) is 11.2 Å². The minimum Gasteiger partial charge on any atom is -0.508 e. The number of rotatable bonds is 3. The van der Waals surface area contributed by atoms with Gasteiger partial charge < -0.3 is 10.4 Å². The van der Waals surface area contributed by atoms with Crippen molar-refractivity contribution < 1.29 is 9.90 Å². The summed E-state index contributed by atoms with van der Waals surface area (Å²) in [5.74, 6) is 2.21. The zero-order valence-corrected chi connectivity index (χ0v) is 7.66. The average molecular weight is 189 g/mol. The van der Waals surface area contributed by atoms with Crippen LogP contribution in [0, 0.1) is 12.3 Å². The molecular weight excluding hydrogens is 178 g/mol. The Hall–Kier alpha value is -1.95. The van der Waals surface area contributed by atoms with E-state index >= 15 is 0 Å². The predicted octanol–water partition coefficient (Wildman–Crippen LogP) is 1.03. The Kier molecular flexibility index (Phi) is 3.57. The van der Waals surface area contributed by atoms with Gasteiger partial charge in [0, 0.05) is 12.1 Å². The predicted molar refractivity (Wildman–Crippen MR) is 53.4 cm³/mol. The Morgan fingerprint density at radius 2 is 2.21 bits per heavy atom. The molecule has 0 radical (unpaired) electrons. The fourth-order valence-corrected chi connectivity index (χ4v) is 1.01. The molecule has 72 valence electrons. The topological polar surface area (TPSA) is 49.3 Å². The van der Waals surface area contributed by atoms with Gasteiger partial charge in [0.2, 0.25) is 5.91 Å². The molecular formula is C11H11NO2. The van der Waals surface area contributed by atoms with Gasteiger partial charge in [0.25, 0.3) is 0 Å². The number of carbonyl (C=O) groups excluding carboxylic acids is 1. The number of phenols is 1. The van der Waals surface area contributed by atoms with Crippen molar-refractivity contribution in [3.05, 3.63) is 29.8 Å². The molecule has 0 aliphatic rings. The van der Waals surface area contributed by atoms with Crippen molar-refractivity contribution >= 4 is 5.91 Å². The van der Waals surface area contributed by atoms with Crippen LogP contribution in [0.15, 0.2) is 24.3 Å². The molecule has 1 rings (SSSR count). The number of benzene rings is 1. The third-order valence-corrected chi connectivity index (χ3v) is 1.73. The molecule has 0 bridgehead atoms. The van der Waals surface area contributed by atoms with Gasteiger partial charge in [0.1, 0.15) is 5.75 Å². The van der Waals surface area contributed by atoms with Gasteiger partial charge >= 0.3 is 0 Å². The molecule has 0 aliphatic carbocycles. The van der Waals surface area contributed by atoms with E-state index in [1.54, 1.807) is 24.3 Å². The minimum absolute atomic E-state index is 0.0631. The highest BCUT2D eigenvalue weighted by Crippen LogP contribution is 2.14. The zero-order chi connectivity index (χ0) is 10.4. The van der Waals surface area contributed by atoms with E-state index in [0.717, 1.165) is 0 Å². The standard InChI is InChI=1S/C11H11NO2/c1-2-5-11(14)12-8-9-6-3-4-7-10(9)13/h1,3-4,6-7,13H,5,8H2,(H,12,14). The Labute approximate surface area is 82.8 Å². The van der Waals surface area contributed by atoms with Crippen LogP contribution < -0.4 is 5.32 Å². The summed E-state index contributed by atoms with van der Waals surface area (Å²) < 4.78 is 0. The molecule has 0 heterocycles. The molecule has 0 unspecified atom stereocenters. The van der Waals surface area contributed by atoms with E-state index < -0.39 is 0 Å². The molecule has 3 heteroatoms. The molecule has 14 heavy (non-hydrogen) atoms. The van der Waals surface area contributed by atoms with Crippen molar-refractivity contribution in [1.29, 1.82) is 0 Å². The van der Waals surface area contributed by atoms with Gasteiger partial charge in [-0.3, -0.25) is 4.79 Å². The highest BCUT2D eigenvalue weighted by atomic mass is 16.3. The number of hydrogen-bond acceptors (Lipinski definition) is 2. The SMILES string of the molecule is C#CCC(=O)NCc1ccccc1O. The fourth-order valence-electron chi connectivity index (χ4n) is 1.01. The van der Waals surface area contributed by atoms with Crippen LogP contribution in [0.25, 0.3) is 0 Å². The van der Waals surface area contributed by atoms with E-state index in [1.807, 2.05) is 0 Å². The molecule has 1 aromatic carbocycles. The Morgan fingerprint density at radius 1 is 1.50 bits per heavy atom. The quantitative estimate of drug-likeness (QED) is 0.698. The number of carbonyl (C=O) groups is 1. The number of aromatic hydroxyl groups is 1. The molecule has 2 N–H and O–H groups in total. The second-order valence-electron chi connectivity index (χ2n) is 2.79. The first-order valence-electron chi connectivity index (χ1n) is 4.21. The summed E-state index contributed by atoms with van der Waals surface area (Å²) in [7, 11) is 0. The van der Waals surface area contributed by atoms with Crippen molar-refractivity contribution in [3.63, 3.8) is 0 Å². The van der Waals surface area contributed by atoms with Crippen LogP contribution in [0.4, 0.5) is 0 Å². The highest BCUT2D eigenvalue weighted by molar-refractivity contribution is 5.78. The minimum atomic E-state index is -0.212. The second-order valence-corrected chi connectivity index (χ2v) is 2.79. The normalized spacial score (nSPS) is 9.07. The Bertz CT molecular complexity index is 366. The maximum Gasteiger partial charge on any atom is 0.232 e. The molecule has 3 nitrogen and oxygen atoms in total. The van der Waals surface area contributed by atoms with Gasteiger partial charge in [0.15, 0.2) is 0 Å². The first-order valence-corrected chi connectivity index (χ1v) is 4.21. The smallest absolute Gasteiger partial charge is 0.232 e. The molecule has 0 saturated heterocycles. The average Bonchev–Trinajstić information content (AvgIpc) is 2.17. The molecule has 1 amide bonds. The summed E-state index contributed by atoms with van der Waals surface area (Å²) in [5.41, 5.74) is 0.679. The van der Waals surface area contributed by atoms with Crippen molar-refractivity contribution in [2.24, 2.45) is 0 Å². The first-order chi connectivity index (χ1) is 6.74. The molecule has 0 saturated carbocycles. The van der Waals surface area contributed by atoms with E-state index in [9.17, 15) is 9.90 Å². The van der Waals surface area contributed by atoms with Gasteiger partial charge in [-0.05, 0) is 6.07 Å². The van der Waals surface area contributed by atoms with Crippen LogP contribution in [0.5, 0.6) is 5.75 Å². The number of para-hydroxylation sites is 1. The lowest BCUT2D eigenvalue weighted by Gasteiger charge is -2.04. The lowest BCUT2D eigenvalue weighted by Crippen LogP contribution is -2.21. The third kappa shape index (κ3) is 2.83. The van der Waals surface area contributed by atoms with E-state index in [1.165, 1.54) is 0 Å². The highest BCUT2D eigenvalue weighted by Gasteiger charge is 2.01. The van der Waals surface area contributed by atoms with E-state index in [4.69, 9.17) is 6.42 Å². The van der Waals surface area contributed by atoms with E-state index in [0.29, 0.717) is 12.1 Å². The zero-order valence-electron chi connectivity index (χ0n) is 7.66. The number of phenolic OH excluding ortho intramolecular Hbond substituents is 1. The van der Waals surface area contributed by atoms with Gasteiger partial charge in [-0.25, -0.2) is 0 Å². The number of nitrogens with one attached hydrogen (secondary N) is 1. The van der Waals surface area contributed by atoms with Crippen molar-refractivity contribution in [2.75, 3.05) is 0 Å².